The van der Waals surface area contributed by atoms with Crippen molar-refractivity contribution in [3.63, 3.8) is 0 Å². The van der Waals surface area contributed by atoms with Crippen molar-refractivity contribution in [1.29, 1.82) is 0 Å². The van der Waals surface area contributed by atoms with Crippen LogP contribution in [0.3, 0.4) is 0 Å². The average molecular weight is 360 g/mol. The third-order valence-corrected chi connectivity index (χ3v) is 4.22. The minimum Gasteiger partial charge on any atom is -0.330 e. The van der Waals surface area contributed by atoms with Crippen molar-refractivity contribution in [2.24, 2.45) is 0 Å². The molecule has 0 saturated heterocycles. The van der Waals surface area contributed by atoms with E-state index in [1.54, 1.807) is 46.8 Å². The number of benzene rings is 3. The van der Waals surface area contributed by atoms with Gasteiger partial charge in [0.1, 0.15) is 0 Å². The van der Waals surface area contributed by atoms with E-state index in [9.17, 15) is 9.59 Å². The van der Waals surface area contributed by atoms with Gasteiger partial charge in [0, 0.05) is 24.2 Å². The molecule has 0 radical (unpaired) electrons. The van der Waals surface area contributed by atoms with Crippen molar-refractivity contribution >= 4 is 11.8 Å². The van der Waals surface area contributed by atoms with E-state index in [-0.39, 0.29) is 5.91 Å². The number of nitrogens with one attached hydrogen (secondary N) is 1. The summed E-state index contributed by atoms with van der Waals surface area (Å²) >= 11 is 0. The van der Waals surface area contributed by atoms with Crippen molar-refractivity contribution in [2.75, 3.05) is 0 Å². The molecule has 0 aliphatic carbocycles. The van der Waals surface area contributed by atoms with E-state index in [4.69, 9.17) is 5.21 Å². The van der Waals surface area contributed by atoms with Crippen molar-refractivity contribution in [1.82, 2.24) is 10.4 Å². The second-order valence-corrected chi connectivity index (χ2v) is 6.15. The zero-order chi connectivity index (χ0) is 19.1. The molecule has 0 aliphatic rings. The second-order valence-electron chi connectivity index (χ2n) is 6.15. The summed E-state index contributed by atoms with van der Waals surface area (Å²) in [4.78, 5) is 26.2. The number of amides is 2. The molecule has 5 heteroatoms. The first kappa shape index (κ1) is 18.4. The zero-order valence-corrected chi connectivity index (χ0v) is 14.7. The Labute approximate surface area is 157 Å². The van der Waals surface area contributed by atoms with Gasteiger partial charge < -0.3 is 4.90 Å². The molecule has 3 rings (SSSR count). The molecule has 0 spiro atoms. The summed E-state index contributed by atoms with van der Waals surface area (Å²) in [5.41, 5.74) is 4.52. The van der Waals surface area contributed by atoms with E-state index in [1.807, 2.05) is 48.5 Å². The molecule has 3 aromatic rings. The van der Waals surface area contributed by atoms with Crippen LogP contribution in [0.4, 0.5) is 0 Å². The molecule has 2 N–H and O–H groups in total. The van der Waals surface area contributed by atoms with Crippen LogP contribution in [0.5, 0.6) is 0 Å². The lowest BCUT2D eigenvalue weighted by atomic mass is 10.1. The predicted molar refractivity (Wildman–Crippen MR) is 102 cm³/mol. The lowest BCUT2D eigenvalue weighted by Gasteiger charge is -2.23. The van der Waals surface area contributed by atoms with E-state index in [2.05, 4.69) is 0 Å². The van der Waals surface area contributed by atoms with Crippen LogP contribution < -0.4 is 5.48 Å². The Morgan fingerprint density at radius 2 is 1.22 bits per heavy atom. The average Bonchev–Trinajstić information content (AvgIpc) is 2.74. The third kappa shape index (κ3) is 4.80. The zero-order valence-electron chi connectivity index (χ0n) is 14.7. The second kappa shape index (κ2) is 8.78. The Bertz CT molecular complexity index is 894. The lowest BCUT2D eigenvalue weighted by Crippen LogP contribution is -2.30. The fraction of sp³-hybridized carbons (Fsp3) is 0.0909. The molecular weight excluding hydrogens is 340 g/mol. The van der Waals surface area contributed by atoms with Crippen molar-refractivity contribution in [3.05, 3.63) is 107 Å². The number of hydrogen-bond donors (Lipinski definition) is 2. The van der Waals surface area contributed by atoms with Crippen LogP contribution in [0.2, 0.25) is 0 Å². The SMILES string of the molecule is O=C(NO)c1ccc(CN(Cc2ccccc2)C(=O)c2ccccc2)cc1. The number of hydrogen-bond acceptors (Lipinski definition) is 3. The Kier molecular flexibility index (Phi) is 5.97. The maximum absolute atomic E-state index is 13.0. The molecule has 0 atom stereocenters. The summed E-state index contributed by atoms with van der Waals surface area (Å²) in [6, 6.07) is 25.8. The van der Waals surface area contributed by atoms with Crippen LogP contribution in [-0.4, -0.2) is 21.9 Å². The molecule has 0 aliphatic heterocycles. The molecule has 27 heavy (non-hydrogen) atoms. The minimum atomic E-state index is -0.567. The van der Waals surface area contributed by atoms with Gasteiger partial charge in [-0.1, -0.05) is 60.7 Å². The Morgan fingerprint density at radius 3 is 1.78 bits per heavy atom. The number of carbonyl (C=O) groups excluding carboxylic acids is 2. The maximum atomic E-state index is 13.0. The molecule has 0 bridgehead atoms. The first-order valence-electron chi connectivity index (χ1n) is 8.59. The molecule has 0 fully saturated rings. The first-order chi connectivity index (χ1) is 13.2. The third-order valence-electron chi connectivity index (χ3n) is 4.22. The topological polar surface area (TPSA) is 69.6 Å². The van der Waals surface area contributed by atoms with Crippen molar-refractivity contribution in [2.45, 2.75) is 13.1 Å². The number of rotatable bonds is 6. The van der Waals surface area contributed by atoms with Crippen LogP contribution in [0, 0.1) is 0 Å². The smallest absolute Gasteiger partial charge is 0.274 e. The Hall–Kier alpha value is -3.44. The van der Waals surface area contributed by atoms with E-state index < -0.39 is 5.91 Å². The van der Waals surface area contributed by atoms with E-state index in [0.29, 0.717) is 24.2 Å². The molecule has 2 amide bonds. The van der Waals surface area contributed by atoms with Gasteiger partial charge in [0.2, 0.25) is 0 Å². The lowest BCUT2D eigenvalue weighted by molar-refractivity contribution is 0.0704. The van der Waals surface area contributed by atoms with Crippen LogP contribution in [-0.2, 0) is 13.1 Å². The van der Waals surface area contributed by atoms with E-state index in [1.165, 1.54) is 0 Å². The summed E-state index contributed by atoms with van der Waals surface area (Å²) in [6.45, 7) is 0.886. The molecule has 0 aromatic heterocycles. The highest BCUT2D eigenvalue weighted by atomic mass is 16.5. The molecule has 0 saturated carbocycles. The van der Waals surface area contributed by atoms with Crippen LogP contribution >= 0.6 is 0 Å². The van der Waals surface area contributed by atoms with Gasteiger partial charge in [-0.15, -0.1) is 0 Å². The highest BCUT2D eigenvalue weighted by Gasteiger charge is 2.17. The molecule has 3 aromatic carbocycles. The van der Waals surface area contributed by atoms with Crippen molar-refractivity contribution < 1.29 is 14.8 Å². The van der Waals surface area contributed by atoms with Gasteiger partial charge in [0.05, 0.1) is 0 Å². The normalized spacial score (nSPS) is 10.3. The predicted octanol–water partition coefficient (Wildman–Crippen LogP) is 3.65. The van der Waals surface area contributed by atoms with Gasteiger partial charge in [-0.2, -0.15) is 0 Å². The van der Waals surface area contributed by atoms with Gasteiger partial charge in [-0.05, 0) is 35.4 Å². The monoisotopic (exact) mass is 360 g/mol. The summed E-state index contributed by atoms with van der Waals surface area (Å²) in [5.74, 6) is -0.625. The van der Waals surface area contributed by atoms with Gasteiger partial charge in [0.25, 0.3) is 11.8 Å². The standard InChI is InChI=1S/C22H20N2O3/c25-21(23-27)19-13-11-18(12-14-19)16-24(15-17-7-3-1-4-8-17)22(26)20-9-5-2-6-10-20/h1-14,27H,15-16H2,(H,23,25). The summed E-state index contributed by atoms with van der Waals surface area (Å²) in [5, 5.41) is 8.71. The molecule has 136 valence electrons. The van der Waals surface area contributed by atoms with Gasteiger partial charge in [-0.25, -0.2) is 5.48 Å². The van der Waals surface area contributed by atoms with E-state index >= 15 is 0 Å². The largest absolute Gasteiger partial charge is 0.330 e. The quantitative estimate of drug-likeness (QED) is 0.521. The van der Waals surface area contributed by atoms with Crippen LogP contribution in [0.1, 0.15) is 31.8 Å². The van der Waals surface area contributed by atoms with Crippen LogP contribution in [0.15, 0.2) is 84.9 Å². The molecular formula is C22H20N2O3. The first-order valence-corrected chi connectivity index (χ1v) is 8.59. The highest BCUT2D eigenvalue weighted by Crippen LogP contribution is 2.15. The Balaban J connectivity index is 1.83. The summed E-state index contributed by atoms with van der Waals surface area (Å²) < 4.78 is 0. The minimum absolute atomic E-state index is 0.0587. The van der Waals surface area contributed by atoms with Gasteiger partial charge in [0.15, 0.2) is 0 Å². The summed E-state index contributed by atoms with van der Waals surface area (Å²) in [7, 11) is 0. The number of hydroxylamine groups is 1. The van der Waals surface area contributed by atoms with Crippen LogP contribution in [0.25, 0.3) is 0 Å². The van der Waals surface area contributed by atoms with Crippen molar-refractivity contribution in [3.8, 4) is 0 Å². The summed E-state index contributed by atoms with van der Waals surface area (Å²) in [6.07, 6.45) is 0. The molecule has 0 heterocycles. The fourth-order valence-corrected chi connectivity index (χ4v) is 2.81. The fourth-order valence-electron chi connectivity index (χ4n) is 2.81. The highest BCUT2D eigenvalue weighted by molar-refractivity contribution is 5.94. The van der Waals surface area contributed by atoms with Gasteiger partial charge >= 0.3 is 0 Å². The molecule has 5 nitrogen and oxygen atoms in total. The number of carbonyl (C=O) groups is 2. The van der Waals surface area contributed by atoms with Gasteiger partial charge in [-0.3, -0.25) is 14.8 Å². The maximum Gasteiger partial charge on any atom is 0.274 e. The number of nitrogens with zero attached hydrogens (tertiary/aromatic N) is 1. The Morgan fingerprint density at radius 1 is 0.704 bits per heavy atom. The molecule has 0 unspecified atom stereocenters. The van der Waals surface area contributed by atoms with E-state index in [0.717, 1.165) is 11.1 Å².